The topological polar surface area (TPSA) is 50.7 Å². The third-order valence-corrected chi connectivity index (χ3v) is 3.97. The second-order valence-corrected chi connectivity index (χ2v) is 6.08. The van der Waals surface area contributed by atoms with Crippen LogP contribution < -0.4 is 10.1 Å². The molecular weight excluding hydrogens is 312 g/mol. The lowest BCUT2D eigenvalue weighted by molar-refractivity contribution is -0.115. The van der Waals surface area contributed by atoms with E-state index in [2.05, 4.69) is 17.2 Å². The zero-order chi connectivity index (χ0) is 17.6. The molecule has 3 rings (SSSR count). The highest BCUT2D eigenvalue weighted by molar-refractivity contribution is 6.19. The number of carbonyl (C=O) groups is 1. The van der Waals surface area contributed by atoms with Crippen molar-refractivity contribution in [3.63, 3.8) is 0 Å². The lowest BCUT2D eigenvalue weighted by Crippen LogP contribution is -2.24. The van der Waals surface area contributed by atoms with Crippen LogP contribution in [0.15, 0.2) is 59.2 Å². The van der Waals surface area contributed by atoms with Crippen LogP contribution in [-0.4, -0.2) is 18.3 Å². The lowest BCUT2D eigenvalue weighted by atomic mass is 10.1. The molecule has 0 spiro atoms. The summed E-state index contributed by atoms with van der Waals surface area (Å²) in [6.45, 7) is 4.89. The van der Waals surface area contributed by atoms with E-state index in [0.717, 1.165) is 36.3 Å². The number of hydrogen-bond donors (Lipinski definition) is 1. The van der Waals surface area contributed by atoms with Crippen LogP contribution in [0.3, 0.4) is 0 Å². The van der Waals surface area contributed by atoms with Gasteiger partial charge in [0.25, 0.3) is 5.91 Å². The van der Waals surface area contributed by atoms with E-state index in [1.165, 1.54) is 5.56 Å². The highest BCUT2D eigenvalue weighted by atomic mass is 16.5. The Morgan fingerprint density at radius 1 is 1.08 bits per heavy atom. The van der Waals surface area contributed by atoms with E-state index >= 15 is 0 Å². The first-order valence-electron chi connectivity index (χ1n) is 8.57. The van der Waals surface area contributed by atoms with Crippen LogP contribution in [0.1, 0.15) is 36.5 Å². The van der Waals surface area contributed by atoms with Gasteiger partial charge in [-0.05, 0) is 37.1 Å². The number of aryl methyl sites for hydroxylation is 1. The maximum absolute atomic E-state index is 12.2. The van der Waals surface area contributed by atoms with Crippen molar-refractivity contribution in [2.75, 3.05) is 6.61 Å². The first kappa shape index (κ1) is 17.0. The number of hydrogen-bond acceptors (Lipinski definition) is 3. The Labute approximate surface area is 148 Å². The molecule has 4 nitrogen and oxygen atoms in total. The fraction of sp³-hybridized carbons (Fsp3) is 0.238. The van der Waals surface area contributed by atoms with Gasteiger partial charge in [0.05, 0.1) is 6.61 Å². The number of nitrogens with zero attached hydrogens (tertiary/aromatic N) is 1. The predicted octanol–water partition coefficient (Wildman–Crippen LogP) is 4.09. The molecule has 1 aliphatic rings. The van der Waals surface area contributed by atoms with E-state index in [-0.39, 0.29) is 5.91 Å². The molecule has 128 valence electrons. The molecule has 1 amide bonds. The molecule has 2 aromatic rings. The van der Waals surface area contributed by atoms with Gasteiger partial charge in [-0.25, -0.2) is 4.99 Å². The smallest absolute Gasteiger partial charge is 0.275 e. The largest absolute Gasteiger partial charge is 0.494 e. The molecular formula is C21H22N2O2. The molecule has 0 fully saturated rings. The summed E-state index contributed by atoms with van der Waals surface area (Å²) < 4.78 is 5.65. The van der Waals surface area contributed by atoms with Crippen molar-refractivity contribution in [2.45, 2.75) is 26.7 Å². The predicted molar refractivity (Wildman–Crippen MR) is 101 cm³/mol. The number of carbonyl (C=O) groups excluding carboxylic acids is 1. The van der Waals surface area contributed by atoms with Crippen molar-refractivity contribution in [1.82, 2.24) is 5.32 Å². The molecule has 0 aliphatic carbocycles. The molecule has 2 aromatic carbocycles. The van der Waals surface area contributed by atoms with Crippen molar-refractivity contribution < 1.29 is 9.53 Å². The van der Waals surface area contributed by atoms with E-state index in [1.54, 1.807) is 6.08 Å². The van der Waals surface area contributed by atoms with E-state index in [4.69, 9.17) is 4.74 Å². The average molecular weight is 334 g/mol. The highest BCUT2D eigenvalue weighted by Crippen LogP contribution is 2.18. The summed E-state index contributed by atoms with van der Waals surface area (Å²) in [7, 11) is 0. The zero-order valence-electron chi connectivity index (χ0n) is 14.6. The quantitative estimate of drug-likeness (QED) is 0.639. The van der Waals surface area contributed by atoms with E-state index < -0.39 is 0 Å². The van der Waals surface area contributed by atoms with Crippen LogP contribution in [0.4, 0.5) is 0 Å². The number of ether oxygens (including phenoxy) is 1. The van der Waals surface area contributed by atoms with Crippen molar-refractivity contribution in [1.29, 1.82) is 0 Å². The molecule has 0 aromatic heterocycles. The molecule has 0 saturated heterocycles. The molecule has 0 saturated carbocycles. The Balaban J connectivity index is 1.74. The minimum atomic E-state index is -0.182. The van der Waals surface area contributed by atoms with Gasteiger partial charge in [0, 0.05) is 5.56 Å². The average Bonchev–Trinajstić information content (AvgIpc) is 2.98. The van der Waals surface area contributed by atoms with E-state index in [0.29, 0.717) is 11.5 Å². The minimum absolute atomic E-state index is 0.182. The van der Waals surface area contributed by atoms with Gasteiger partial charge in [-0.3, -0.25) is 4.79 Å². The minimum Gasteiger partial charge on any atom is -0.494 e. The summed E-state index contributed by atoms with van der Waals surface area (Å²) in [6.07, 6.45) is 3.94. The Morgan fingerprint density at radius 3 is 2.48 bits per heavy atom. The van der Waals surface area contributed by atoms with Gasteiger partial charge in [0.15, 0.2) is 0 Å². The number of rotatable bonds is 6. The van der Waals surface area contributed by atoms with Crippen LogP contribution in [-0.2, 0) is 4.79 Å². The van der Waals surface area contributed by atoms with Gasteiger partial charge in [-0.2, -0.15) is 0 Å². The highest BCUT2D eigenvalue weighted by Gasteiger charge is 2.20. The lowest BCUT2D eigenvalue weighted by Gasteiger charge is -2.05. The zero-order valence-corrected chi connectivity index (χ0v) is 14.6. The van der Waals surface area contributed by atoms with Crippen molar-refractivity contribution >= 4 is 17.8 Å². The molecule has 0 unspecified atom stereocenters. The first-order valence-corrected chi connectivity index (χ1v) is 8.57. The van der Waals surface area contributed by atoms with Gasteiger partial charge < -0.3 is 10.1 Å². The molecule has 1 N–H and O–H groups in total. The fourth-order valence-electron chi connectivity index (χ4n) is 2.47. The van der Waals surface area contributed by atoms with Crippen LogP contribution in [0, 0.1) is 6.92 Å². The SMILES string of the molecule is CCCCOc1ccc(/C=C2\N=C(c3ccc(C)cc3)NC2=O)cc1. The molecule has 0 bridgehead atoms. The third-order valence-electron chi connectivity index (χ3n) is 3.97. The standard InChI is InChI=1S/C21H22N2O2/c1-3-4-13-25-18-11-7-16(8-12-18)14-19-21(24)23-20(22-19)17-9-5-15(2)6-10-17/h5-12,14H,3-4,13H2,1-2H3,(H,22,23,24)/b19-14-. The normalized spacial score (nSPS) is 15.2. The number of unbranched alkanes of at least 4 members (excludes halogenated alkanes) is 1. The Bertz CT molecular complexity index is 803. The molecule has 0 atom stereocenters. The summed E-state index contributed by atoms with van der Waals surface area (Å²) in [5.41, 5.74) is 3.41. The summed E-state index contributed by atoms with van der Waals surface area (Å²) in [5.74, 6) is 1.25. The van der Waals surface area contributed by atoms with Gasteiger partial charge in [0.1, 0.15) is 17.3 Å². The number of nitrogens with one attached hydrogen (secondary N) is 1. The summed E-state index contributed by atoms with van der Waals surface area (Å²) in [6, 6.07) is 15.6. The van der Waals surface area contributed by atoms with Crippen molar-refractivity contribution in [2.24, 2.45) is 4.99 Å². The third kappa shape index (κ3) is 4.35. The van der Waals surface area contributed by atoms with Gasteiger partial charge in [-0.1, -0.05) is 55.3 Å². The fourth-order valence-corrected chi connectivity index (χ4v) is 2.47. The summed E-state index contributed by atoms with van der Waals surface area (Å²) >= 11 is 0. The molecule has 0 radical (unpaired) electrons. The maximum Gasteiger partial charge on any atom is 0.275 e. The molecule has 1 aliphatic heterocycles. The van der Waals surface area contributed by atoms with Crippen LogP contribution in [0.25, 0.3) is 6.08 Å². The van der Waals surface area contributed by atoms with Crippen LogP contribution in [0.2, 0.25) is 0 Å². The van der Waals surface area contributed by atoms with Crippen LogP contribution >= 0.6 is 0 Å². The molecule has 4 heteroatoms. The van der Waals surface area contributed by atoms with Crippen molar-refractivity contribution in [3.8, 4) is 5.75 Å². The number of amidine groups is 1. The summed E-state index contributed by atoms with van der Waals surface area (Å²) in [4.78, 5) is 16.6. The second-order valence-electron chi connectivity index (χ2n) is 6.08. The van der Waals surface area contributed by atoms with E-state index in [9.17, 15) is 4.79 Å². The maximum atomic E-state index is 12.2. The summed E-state index contributed by atoms with van der Waals surface area (Å²) in [5, 5.41) is 2.82. The monoisotopic (exact) mass is 334 g/mol. The number of aliphatic imine (C=N–C) groups is 1. The molecule has 1 heterocycles. The van der Waals surface area contributed by atoms with Gasteiger partial charge >= 0.3 is 0 Å². The van der Waals surface area contributed by atoms with Crippen molar-refractivity contribution in [3.05, 3.63) is 70.9 Å². The van der Waals surface area contributed by atoms with E-state index in [1.807, 2.05) is 55.5 Å². The second kappa shape index (κ2) is 7.79. The van der Waals surface area contributed by atoms with Crippen LogP contribution in [0.5, 0.6) is 5.75 Å². The Kier molecular flexibility index (Phi) is 5.29. The van der Waals surface area contributed by atoms with Gasteiger partial charge in [0.2, 0.25) is 0 Å². The molecule has 25 heavy (non-hydrogen) atoms. The van der Waals surface area contributed by atoms with Gasteiger partial charge in [-0.15, -0.1) is 0 Å². The number of amides is 1. The Morgan fingerprint density at radius 2 is 1.80 bits per heavy atom. The number of benzene rings is 2. The first-order chi connectivity index (χ1) is 12.2. The Hall–Kier alpha value is -2.88.